The number of phenolic OH excluding ortho intramolecular Hbond substituents is 1. The van der Waals surface area contributed by atoms with Crippen molar-refractivity contribution in [3.8, 4) is 28.4 Å². The molecule has 1 fully saturated rings. The molecule has 0 aliphatic carbocycles. The number of aromatic hydroxyl groups is 1. The van der Waals surface area contributed by atoms with Gasteiger partial charge in [0.05, 0.1) is 18.5 Å². The third-order valence-corrected chi connectivity index (χ3v) is 7.47. The van der Waals surface area contributed by atoms with E-state index in [0.29, 0.717) is 28.8 Å². The monoisotopic (exact) mass is 548 g/mol. The molecule has 1 heterocycles. The number of nitrogens with one attached hydrogen (secondary N) is 4. The molecule has 1 saturated heterocycles. The van der Waals surface area contributed by atoms with E-state index in [-0.39, 0.29) is 11.8 Å². The van der Waals surface area contributed by atoms with E-state index in [0.717, 1.165) is 52.7 Å². The number of fused-ring (bicyclic) bond motifs is 2. The number of methoxy groups -OCH3 is 1. The number of hydrogen-bond acceptors (Lipinski definition) is 7. The van der Waals surface area contributed by atoms with E-state index in [1.807, 2.05) is 84.9 Å². The summed E-state index contributed by atoms with van der Waals surface area (Å²) in [5.41, 5.74) is 9.31. The molecule has 6 rings (SSSR count). The summed E-state index contributed by atoms with van der Waals surface area (Å²) in [6.07, 6.45) is 1.59. The maximum atomic E-state index is 12.9. The molecule has 1 aliphatic rings. The maximum Gasteiger partial charge on any atom is 0.412 e. The third kappa shape index (κ3) is 5.55. The number of hydrazine groups is 1. The molecular formula is C33H32N4O4. The van der Waals surface area contributed by atoms with Crippen molar-refractivity contribution in [2.75, 3.05) is 31.1 Å². The average molecular weight is 549 g/mol. The van der Waals surface area contributed by atoms with Gasteiger partial charge in [0.15, 0.2) is 0 Å². The number of rotatable bonds is 8. The highest BCUT2D eigenvalue weighted by Gasteiger charge is 2.21. The van der Waals surface area contributed by atoms with E-state index >= 15 is 0 Å². The Bertz CT molecular complexity index is 1700. The quantitative estimate of drug-likeness (QED) is 0.109. The summed E-state index contributed by atoms with van der Waals surface area (Å²) >= 11 is 0. The maximum absolute atomic E-state index is 12.9. The SMILES string of the molecule is COc1ccc(NNc2cc(-c3c(OC(=O)NCC4CCCN4)ccc4ccccc34)c(O)c3ccccc23)cc1. The zero-order valence-corrected chi connectivity index (χ0v) is 22.7. The molecule has 0 saturated carbocycles. The Hall–Kier alpha value is -4.95. The largest absolute Gasteiger partial charge is 0.507 e. The van der Waals surface area contributed by atoms with Gasteiger partial charge in [-0.3, -0.25) is 0 Å². The molecule has 1 unspecified atom stereocenters. The van der Waals surface area contributed by atoms with Gasteiger partial charge in [-0.2, -0.15) is 0 Å². The summed E-state index contributed by atoms with van der Waals surface area (Å²) in [5.74, 6) is 1.23. The fourth-order valence-electron chi connectivity index (χ4n) is 5.36. The number of anilines is 2. The highest BCUT2D eigenvalue weighted by atomic mass is 16.6. The van der Waals surface area contributed by atoms with E-state index < -0.39 is 6.09 Å². The molecule has 8 nitrogen and oxygen atoms in total. The summed E-state index contributed by atoms with van der Waals surface area (Å²) in [7, 11) is 1.63. The van der Waals surface area contributed by atoms with Crippen LogP contribution in [0.25, 0.3) is 32.7 Å². The highest BCUT2D eigenvalue weighted by molar-refractivity contribution is 6.09. The summed E-state index contributed by atoms with van der Waals surface area (Å²) < 4.78 is 11.2. The first kappa shape index (κ1) is 26.3. The van der Waals surface area contributed by atoms with E-state index in [9.17, 15) is 9.90 Å². The smallest absolute Gasteiger partial charge is 0.412 e. The first-order valence-electron chi connectivity index (χ1n) is 13.7. The Morgan fingerprint density at radius 1 is 0.927 bits per heavy atom. The van der Waals surface area contributed by atoms with Crippen molar-refractivity contribution in [2.24, 2.45) is 0 Å². The van der Waals surface area contributed by atoms with Crippen LogP contribution < -0.4 is 31.0 Å². The van der Waals surface area contributed by atoms with E-state index in [2.05, 4.69) is 21.5 Å². The topological polar surface area (TPSA) is 104 Å². The fraction of sp³-hybridized carbons (Fsp3) is 0.182. The highest BCUT2D eigenvalue weighted by Crippen LogP contribution is 2.46. The average Bonchev–Trinajstić information content (AvgIpc) is 3.54. The molecule has 1 atom stereocenters. The molecule has 41 heavy (non-hydrogen) atoms. The lowest BCUT2D eigenvalue weighted by Gasteiger charge is -2.19. The lowest BCUT2D eigenvalue weighted by atomic mass is 9.93. The molecule has 208 valence electrons. The van der Waals surface area contributed by atoms with E-state index in [1.165, 1.54) is 0 Å². The van der Waals surface area contributed by atoms with Crippen LogP contribution >= 0.6 is 0 Å². The van der Waals surface area contributed by atoms with Gasteiger partial charge in [0.2, 0.25) is 0 Å². The minimum Gasteiger partial charge on any atom is -0.507 e. The number of benzene rings is 5. The standard InChI is InChI=1S/C33H32N4O4/c1-40-24-15-13-22(14-16-24)36-37-29-19-28(32(38)27-11-5-4-10-26(27)29)31-25-9-3-2-7-21(25)12-17-30(31)41-33(39)35-20-23-8-6-18-34-23/h2-5,7,9-17,19,23,34,36-38H,6,8,18,20H2,1H3,(H,35,39). The molecular weight excluding hydrogens is 516 g/mol. The Balaban J connectivity index is 1.40. The second kappa shape index (κ2) is 11.7. The summed E-state index contributed by atoms with van der Waals surface area (Å²) in [5, 5.41) is 21.2. The van der Waals surface area contributed by atoms with Crippen molar-refractivity contribution >= 4 is 39.0 Å². The Labute approximate surface area is 238 Å². The molecule has 0 radical (unpaired) electrons. The Morgan fingerprint density at radius 3 is 2.44 bits per heavy atom. The van der Waals surface area contributed by atoms with Crippen LogP contribution in [0.4, 0.5) is 16.2 Å². The van der Waals surface area contributed by atoms with Gasteiger partial charge < -0.3 is 36.1 Å². The molecule has 0 spiro atoms. The number of phenols is 1. The first-order chi connectivity index (χ1) is 20.1. The van der Waals surface area contributed by atoms with Gasteiger partial charge in [-0.05, 0) is 66.6 Å². The van der Waals surface area contributed by atoms with Gasteiger partial charge in [-0.25, -0.2) is 4.79 Å². The number of hydrogen-bond donors (Lipinski definition) is 5. The van der Waals surface area contributed by atoms with Crippen molar-refractivity contribution < 1.29 is 19.4 Å². The number of carbonyl (C=O) groups is 1. The normalized spacial score (nSPS) is 14.6. The molecule has 5 aromatic rings. The van der Waals surface area contributed by atoms with Crippen LogP contribution in [0, 0.1) is 0 Å². The molecule has 0 aromatic heterocycles. The number of carbonyl (C=O) groups excluding carboxylic acids is 1. The lowest BCUT2D eigenvalue weighted by Crippen LogP contribution is -2.38. The second-order valence-corrected chi connectivity index (χ2v) is 10.1. The first-order valence-corrected chi connectivity index (χ1v) is 13.7. The Morgan fingerprint density at radius 2 is 1.68 bits per heavy atom. The van der Waals surface area contributed by atoms with Crippen LogP contribution in [0.2, 0.25) is 0 Å². The van der Waals surface area contributed by atoms with Gasteiger partial charge in [0.1, 0.15) is 17.2 Å². The van der Waals surface area contributed by atoms with Crippen LogP contribution in [0.1, 0.15) is 12.8 Å². The number of ether oxygens (including phenoxy) is 2. The van der Waals surface area contributed by atoms with Crippen LogP contribution in [0.15, 0.2) is 91.0 Å². The van der Waals surface area contributed by atoms with E-state index in [1.54, 1.807) is 13.2 Å². The zero-order chi connectivity index (χ0) is 28.2. The van der Waals surface area contributed by atoms with Gasteiger partial charge in [-0.1, -0.05) is 54.6 Å². The van der Waals surface area contributed by atoms with Crippen molar-refractivity contribution in [1.29, 1.82) is 0 Å². The molecule has 1 aliphatic heterocycles. The fourth-order valence-corrected chi connectivity index (χ4v) is 5.36. The predicted octanol–water partition coefficient (Wildman–Crippen LogP) is 6.65. The van der Waals surface area contributed by atoms with Crippen LogP contribution in [-0.2, 0) is 0 Å². The third-order valence-electron chi connectivity index (χ3n) is 7.47. The minimum atomic E-state index is -0.532. The zero-order valence-electron chi connectivity index (χ0n) is 22.7. The van der Waals surface area contributed by atoms with Crippen LogP contribution in [0.3, 0.4) is 0 Å². The van der Waals surface area contributed by atoms with Crippen molar-refractivity contribution in [2.45, 2.75) is 18.9 Å². The molecule has 5 aromatic carbocycles. The van der Waals surface area contributed by atoms with Gasteiger partial charge >= 0.3 is 6.09 Å². The Kier molecular flexibility index (Phi) is 7.47. The second-order valence-electron chi connectivity index (χ2n) is 10.1. The summed E-state index contributed by atoms with van der Waals surface area (Å²) in [4.78, 5) is 12.9. The molecule has 8 heteroatoms. The molecule has 5 N–H and O–H groups in total. The van der Waals surface area contributed by atoms with Crippen molar-refractivity contribution in [3.63, 3.8) is 0 Å². The summed E-state index contributed by atoms with van der Waals surface area (Å²) in [6.45, 7) is 1.45. The van der Waals surface area contributed by atoms with Gasteiger partial charge in [0, 0.05) is 34.5 Å². The lowest BCUT2D eigenvalue weighted by molar-refractivity contribution is 0.199. The van der Waals surface area contributed by atoms with Crippen molar-refractivity contribution in [3.05, 3.63) is 91.0 Å². The van der Waals surface area contributed by atoms with Crippen LogP contribution in [-0.4, -0.2) is 37.4 Å². The van der Waals surface area contributed by atoms with Crippen molar-refractivity contribution in [1.82, 2.24) is 10.6 Å². The predicted molar refractivity (Wildman–Crippen MR) is 164 cm³/mol. The summed E-state index contributed by atoms with van der Waals surface area (Å²) in [6, 6.07) is 28.9. The van der Waals surface area contributed by atoms with Gasteiger partial charge in [0.25, 0.3) is 0 Å². The van der Waals surface area contributed by atoms with E-state index in [4.69, 9.17) is 9.47 Å². The molecule has 0 bridgehead atoms. The number of amides is 1. The minimum absolute atomic E-state index is 0.104. The molecule has 1 amide bonds. The van der Waals surface area contributed by atoms with Crippen LogP contribution in [0.5, 0.6) is 17.2 Å². The van der Waals surface area contributed by atoms with Gasteiger partial charge in [-0.15, -0.1) is 0 Å².